The first kappa shape index (κ1) is 12.6. The van der Waals surface area contributed by atoms with Crippen LogP contribution in [0, 0.1) is 5.92 Å². The van der Waals surface area contributed by atoms with Gasteiger partial charge in [-0.2, -0.15) is 0 Å². The van der Waals surface area contributed by atoms with Crippen molar-refractivity contribution in [3.8, 4) is 0 Å². The molecule has 3 nitrogen and oxygen atoms in total. The third-order valence-electron chi connectivity index (χ3n) is 4.44. The second kappa shape index (κ2) is 5.34. The fraction of sp³-hybridized carbons (Fsp3) is 0.562. The Morgan fingerprint density at radius 3 is 3.00 bits per heavy atom. The third kappa shape index (κ3) is 2.54. The number of fused-ring (bicyclic) bond motifs is 1. The number of pyridine rings is 1. The number of anilines is 1. The summed E-state index contributed by atoms with van der Waals surface area (Å²) >= 11 is 1.81. The van der Waals surface area contributed by atoms with E-state index in [0.717, 1.165) is 12.5 Å². The van der Waals surface area contributed by atoms with Crippen LogP contribution in [0.25, 0.3) is 10.1 Å². The smallest absolute Gasteiger partial charge is 0.137 e. The molecule has 2 aromatic rings. The fourth-order valence-corrected chi connectivity index (χ4v) is 3.95. The van der Waals surface area contributed by atoms with Gasteiger partial charge in [-0.3, -0.25) is 0 Å². The molecule has 1 aliphatic heterocycles. The Balaban J connectivity index is 1.63. The molecule has 1 N–H and O–H groups in total. The first-order valence-corrected chi connectivity index (χ1v) is 8.58. The van der Waals surface area contributed by atoms with E-state index in [-0.39, 0.29) is 0 Å². The van der Waals surface area contributed by atoms with Crippen molar-refractivity contribution in [1.82, 2.24) is 10.3 Å². The highest BCUT2D eigenvalue weighted by Gasteiger charge is 2.28. The summed E-state index contributed by atoms with van der Waals surface area (Å²) in [6.07, 6.45) is 7.39. The number of aromatic nitrogens is 1. The minimum absolute atomic E-state index is 0.643. The predicted molar refractivity (Wildman–Crippen MR) is 85.6 cm³/mol. The van der Waals surface area contributed by atoms with E-state index in [2.05, 4.69) is 27.7 Å². The Hall–Kier alpha value is -1.13. The van der Waals surface area contributed by atoms with Gasteiger partial charge >= 0.3 is 0 Å². The first-order valence-electron chi connectivity index (χ1n) is 7.71. The maximum absolute atomic E-state index is 4.71. The lowest BCUT2D eigenvalue weighted by atomic mass is 10.2. The van der Waals surface area contributed by atoms with E-state index in [9.17, 15) is 0 Å². The SMILES string of the molecule is c1cc2sccc2c(N(CC2CC2)CC2CCCN2)n1. The van der Waals surface area contributed by atoms with E-state index < -0.39 is 0 Å². The number of hydrogen-bond donors (Lipinski definition) is 1. The van der Waals surface area contributed by atoms with Crippen molar-refractivity contribution < 1.29 is 0 Å². The van der Waals surface area contributed by atoms with Crippen LogP contribution in [-0.2, 0) is 0 Å². The van der Waals surface area contributed by atoms with Gasteiger partial charge in [-0.15, -0.1) is 11.3 Å². The van der Waals surface area contributed by atoms with Crippen molar-refractivity contribution in [2.45, 2.75) is 31.7 Å². The molecule has 20 heavy (non-hydrogen) atoms. The fourth-order valence-electron chi connectivity index (χ4n) is 3.17. The highest BCUT2D eigenvalue weighted by Crippen LogP contribution is 2.34. The Labute approximate surface area is 124 Å². The van der Waals surface area contributed by atoms with Crippen molar-refractivity contribution in [3.05, 3.63) is 23.7 Å². The standard InChI is InChI=1S/C16H21N3S/c1-2-13(17-7-1)11-19(10-12-3-4-12)16-14-6-9-20-15(14)5-8-18-16/h5-6,8-9,12-13,17H,1-4,7,10-11H2. The molecule has 1 saturated heterocycles. The maximum atomic E-state index is 4.71. The molecule has 1 unspecified atom stereocenters. The van der Waals surface area contributed by atoms with Crippen molar-refractivity contribution in [2.24, 2.45) is 5.92 Å². The topological polar surface area (TPSA) is 28.2 Å². The van der Waals surface area contributed by atoms with E-state index in [1.54, 1.807) is 0 Å². The van der Waals surface area contributed by atoms with Gasteiger partial charge in [0.1, 0.15) is 5.82 Å². The monoisotopic (exact) mass is 287 g/mol. The molecule has 4 heteroatoms. The lowest BCUT2D eigenvalue weighted by Gasteiger charge is -2.27. The zero-order valence-corrected chi connectivity index (χ0v) is 12.5. The van der Waals surface area contributed by atoms with Gasteiger partial charge < -0.3 is 10.2 Å². The average Bonchev–Trinajstić information content (AvgIpc) is 2.93. The zero-order chi connectivity index (χ0) is 13.4. The van der Waals surface area contributed by atoms with Crippen LogP contribution < -0.4 is 10.2 Å². The Bertz CT molecular complexity index is 584. The molecule has 0 bridgehead atoms. The van der Waals surface area contributed by atoms with Crippen LogP contribution in [0.15, 0.2) is 23.7 Å². The first-order chi connectivity index (χ1) is 9.90. The van der Waals surface area contributed by atoms with Crippen molar-refractivity contribution >= 4 is 27.2 Å². The number of nitrogens with zero attached hydrogens (tertiary/aromatic N) is 2. The quantitative estimate of drug-likeness (QED) is 0.915. The van der Waals surface area contributed by atoms with Crippen molar-refractivity contribution in [3.63, 3.8) is 0 Å². The number of hydrogen-bond acceptors (Lipinski definition) is 4. The second-order valence-corrected chi connectivity index (χ2v) is 7.06. The Morgan fingerprint density at radius 1 is 1.25 bits per heavy atom. The summed E-state index contributed by atoms with van der Waals surface area (Å²) in [7, 11) is 0. The minimum atomic E-state index is 0.643. The van der Waals surface area contributed by atoms with Crippen LogP contribution in [0.2, 0.25) is 0 Å². The molecule has 0 radical (unpaired) electrons. The molecule has 0 aromatic carbocycles. The molecule has 0 spiro atoms. The molecule has 1 atom stereocenters. The largest absolute Gasteiger partial charge is 0.354 e. The van der Waals surface area contributed by atoms with E-state index in [0.29, 0.717) is 6.04 Å². The zero-order valence-electron chi connectivity index (χ0n) is 11.7. The highest BCUT2D eigenvalue weighted by molar-refractivity contribution is 7.17. The molecule has 2 fully saturated rings. The van der Waals surface area contributed by atoms with Gasteiger partial charge in [0.05, 0.1) is 0 Å². The summed E-state index contributed by atoms with van der Waals surface area (Å²) in [5, 5.41) is 7.13. The average molecular weight is 287 g/mol. The molecular weight excluding hydrogens is 266 g/mol. The lowest BCUT2D eigenvalue weighted by molar-refractivity contribution is 0.568. The summed E-state index contributed by atoms with van der Waals surface area (Å²) < 4.78 is 1.36. The molecule has 2 aliphatic rings. The normalized spacial score (nSPS) is 22.5. The van der Waals surface area contributed by atoms with Crippen LogP contribution in [-0.4, -0.2) is 30.7 Å². The van der Waals surface area contributed by atoms with Crippen LogP contribution in [0.3, 0.4) is 0 Å². The summed E-state index contributed by atoms with van der Waals surface area (Å²) in [6, 6.07) is 5.00. The van der Waals surface area contributed by atoms with Crippen LogP contribution in [0.4, 0.5) is 5.82 Å². The summed E-state index contributed by atoms with van der Waals surface area (Å²) in [5.74, 6) is 2.09. The van der Waals surface area contributed by atoms with E-state index in [4.69, 9.17) is 4.98 Å². The van der Waals surface area contributed by atoms with Gasteiger partial charge in [-0.25, -0.2) is 4.98 Å². The van der Waals surface area contributed by atoms with E-state index >= 15 is 0 Å². The van der Waals surface area contributed by atoms with Crippen LogP contribution >= 0.6 is 11.3 Å². The molecule has 1 saturated carbocycles. The summed E-state index contributed by atoms with van der Waals surface area (Å²) in [4.78, 5) is 7.24. The van der Waals surface area contributed by atoms with Crippen LogP contribution in [0.5, 0.6) is 0 Å². The van der Waals surface area contributed by atoms with Gasteiger partial charge in [0.15, 0.2) is 0 Å². The molecule has 2 aromatic heterocycles. The Kier molecular flexibility index (Phi) is 3.36. The van der Waals surface area contributed by atoms with Gasteiger partial charge in [0.25, 0.3) is 0 Å². The van der Waals surface area contributed by atoms with Crippen LogP contribution in [0.1, 0.15) is 25.7 Å². The number of rotatable bonds is 5. The summed E-state index contributed by atoms with van der Waals surface area (Å²) in [6.45, 7) is 3.47. The van der Waals surface area contributed by atoms with Crippen molar-refractivity contribution in [1.29, 1.82) is 0 Å². The molecule has 0 amide bonds. The summed E-state index contributed by atoms with van der Waals surface area (Å²) in [5.41, 5.74) is 0. The predicted octanol–water partition coefficient (Wildman–Crippen LogP) is 3.26. The van der Waals surface area contributed by atoms with Gasteiger partial charge in [0, 0.05) is 35.4 Å². The molecule has 4 rings (SSSR count). The molecular formula is C16H21N3S. The van der Waals surface area contributed by atoms with Crippen molar-refractivity contribution in [2.75, 3.05) is 24.5 Å². The maximum Gasteiger partial charge on any atom is 0.137 e. The van der Waals surface area contributed by atoms with E-state index in [1.165, 1.54) is 54.7 Å². The van der Waals surface area contributed by atoms with Gasteiger partial charge in [-0.1, -0.05) is 0 Å². The number of thiophene rings is 1. The number of nitrogens with one attached hydrogen (secondary N) is 1. The third-order valence-corrected chi connectivity index (χ3v) is 5.32. The highest BCUT2D eigenvalue weighted by atomic mass is 32.1. The van der Waals surface area contributed by atoms with Gasteiger partial charge in [0.2, 0.25) is 0 Å². The second-order valence-electron chi connectivity index (χ2n) is 6.11. The van der Waals surface area contributed by atoms with Gasteiger partial charge in [-0.05, 0) is 55.7 Å². The lowest BCUT2D eigenvalue weighted by Crippen LogP contribution is -2.39. The van der Waals surface area contributed by atoms with E-state index in [1.807, 2.05) is 17.5 Å². The Morgan fingerprint density at radius 2 is 2.20 bits per heavy atom. The minimum Gasteiger partial charge on any atom is -0.354 e. The molecule has 1 aliphatic carbocycles. The molecule has 106 valence electrons. The molecule has 3 heterocycles.